The molecule has 0 heterocycles. The normalized spacial score (nSPS) is 12.1. The van der Waals surface area contributed by atoms with Crippen molar-refractivity contribution in [1.82, 2.24) is 0 Å². The van der Waals surface area contributed by atoms with Gasteiger partial charge in [-0.05, 0) is 80.7 Å². The minimum Gasteiger partial charge on any atom is -0.126 e. The minimum absolute atomic E-state index is 1.21. The molecule has 0 unspecified atom stereocenters. The van der Waals surface area contributed by atoms with Crippen molar-refractivity contribution in [2.45, 2.75) is 116 Å². The third kappa shape index (κ3) is 6.35. The molecular weight excluding hydrogens is 513 g/mol. The van der Waals surface area contributed by atoms with E-state index in [0.29, 0.717) is 0 Å². The molecular formula is C38H50Si2. The Morgan fingerprint density at radius 2 is 0.725 bits per heavy atom. The Kier molecular flexibility index (Phi) is 10.6. The first-order chi connectivity index (χ1) is 19.5. The van der Waals surface area contributed by atoms with E-state index in [1.54, 1.807) is 0 Å². The molecule has 0 aliphatic carbocycles. The maximum absolute atomic E-state index is 3.98. The highest BCUT2D eigenvalue weighted by Gasteiger charge is 2.29. The van der Waals surface area contributed by atoms with Crippen molar-refractivity contribution in [3.63, 3.8) is 0 Å². The summed E-state index contributed by atoms with van der Waals surface area (Å²) < 4.78 is 0. The zero-order chi connectivity index (χ0) is 28.6. The molecule has 0 spiro atoms. The van der Waals surface area contributed by atoms with Gasteiger partial charge in [0.05, 0.1) is 0 Å². The van der Waals surface area contributed by atoms with Crippen molar-refractivity contribution in [2.75, 3.05) is 0 Å². The van der Waals surface area contributed by atoms with Crippen molar-refractivity contribution < 1.29 is 0 Å². The van der Waals surface area contributed by atoms with E-state index in [1.807, 2.05) is 0 Å². The Morgan fingerprint density at radius 3 is 1.02 bits per heavy atom. The molecule has 0 fully saturated rings. The van der Waals surface area contributed by atoms with Gasteiger partial charge < -0.3 is 0 Å². The van der Waals surface area contributed by atoms with Gasteiger partial charge in [0.15, 0.2) is 0 Å². The van der Waals surface area contributed by atoms with Gasteiger partial charge in [-0.1, -0.05) is 128 Å². The number of benzene rings is 4. The van der Waals surface area contributed by atoms with E-state index in [9.17, 15) is 0 Å². The van der Waals surface area contributed by atoms with Gasteiger partial charge in [-0.25, -0.2) is 0 Å². The van der Waals surface area contributed by atoms with E-state index in [-0.39, 0.29) is 0 Å². The fourth-order valence-electron chi connectivity index (χ4n) is 7.42. The zero-order valence-electron chi connectivity index (χ0n) is 26.1. The Hall–Kier alpha value is -2.53. The van der Waals surface area contributed by atoms with Crippen LogP contribution in [0.2, 0.25) is 36.3 Å². The molecule has 4 aromatic rings. The van der Waals surface area contributed by atoms with Gasteiger partial charge in [0.2, 0.25) is 0 Å². The van der Waals surface area contributed by atoms with Crippen LogP contribution in [0, 0.1) is 22.9 Å². The summed E-state index contributed by atoms with van der Waals surface area (Å²) in [7, 11) is -3.16. The molecule has 0 aliphatic rings. The average Bonchev–Trinajstić information content (AvgIpc) is 2.95. The molecule has 40 heavy (non-hydrogen) atoms. The lowest BCUT2D eigenvalue weighted by Gasteiger charge is -2.25. The predicted octanol–water partition coefficient (Wildman–Crippen LogP) is 11.7. The highest BCUT2D eigenvalue weighted by molar-refractivity contribution is 6.87. The lowest BCUT2D eigenvalue weighted by molar-refractivity contribution is 0.940. The second-order valence-corrected chi connectivity index (χ2v) is 20.8. The summed E-state index contributed by atoms with van der Waals surface area (Å²) >= 11 is 0. The van der Waals surface area contributed by atoms with Gasteiger partial charge >= 0.3 is 0 Å². The van der Waals surface area contributed by atoms with Crippen LogP contribution in [0.25, 0.3) is 32.3 Å². The Morgan fingerprint density at radius 1 is 0.425 bits per heavy atom. The summed E-state index contributed by atoms with van der Waals surface area (Å²) in [6.07, 6.45) is 7.51. The molecule has 0 amide bonds. The summed E-state index contributed by atoms with van der Waals surface area (Å²) in [4.78, 5) is 0. The van der Waals surface area contributed by atoms with Crippen LogP contribution in [0.1, 0.15) is 91.2 Å². The maximum atomic E-state index is 3.98. The predicted molar refractivity (Wildman–Crippen MR) is 186 cm³/mol. The average molecular weight is 563 g/mol. The molecule has 0 atom stereocenters. The highest BCUT2D eigenvalue weighted by atomic mass is 28.3. The Balaban J connectivity index is 1.89. The standard InChI is InChI=1S/C38H50Si2/c1-7-23-39(24-8-2,25-9-3)29-21-31-13-15-33-18-20-36-32(14-16-34-17-19-35(31)37(33)38(34)36)22-30-40(26-10-4,27-11-5)28-12-6/h13-20H,7-12,23-28H2,1-6H3. The van der Waals surface area contributed by atoms with Gasteiger partial charge in [0.25, 0.3) is 0 Å². The van der Waals surface area contributed by atoms with Gasteiger partial charge in [-0.2, -0.15) is 0 Å². The van der Waals surface area contributed by atoms with E-state index in [0.717, 1.165) is 0 Å². The SMILES string of the molecule is CCC[Si](C#Cc1ccc2ccc3c(C#C[Si](CCC)(CCC)CCC)ccc4ccc1c2c43)(CCC)CCC. The van der Waals surface area contributed by atoms with Gasteiger partial charge in [0.1, 0.15) is 16.1 Å². The van der Waals surface area contributed by atoms with Crippen molar-refractivity contribution in [3.8, 4) is 22.9 Å². The van der Waals surface area contributed by atoms with Crippen LogP contribution in [0.15, 0.2) is 48.5 Å². The molecule has 0 N–H and O–H groups in total. The maximum Gasteiger partial charge on any atom is 0.138 e. The summed E-state index contributed by atoms with van der Waals surface area (Å²) in [5.74, 6) is 7.57. The monoisotopic (exact) mass is 562 g/mol. The van der Waals surface area contributed by atoms with Gasteiger partial charge in [-0.3, -0.25) is 0 Å². The van der Waals surface area contributed by atoms with Crippen LogP contribution in [-0.4, -0.2) is 16.1 Å². The Labute approximate surface area is 246 Å². The first-order valence-electron chi connectivity index (χ1n) is 16.3. The second kappa shape index (κ2) is 13.9. The quantitative estimate of drug-likeness (QED) is 0.0915. The van der Waals surface area contributed by atoms with E-state index in [2.05, 4.69) is 113 Å². The molecule has 0 nitrogen and oxygen atoms in total. The molecule has 0 saturated heterocycles. The molecule has 2 heteroatoms. The molecule has 0 saturated carbocycles. The molecule has 0 radical (unpaired) electrons. The van der Waals surface area contributed by atoms with Gasteiger partial charge in [-0.15, -0.1) is 11.1 Å². The molecule has 0 aromatic heterocycles. The topological polar surface area (TPSA) is 0 Å². The summed E-state index contributed by atoms with van der Waals surface area (Å²) in [6, 6.07) is 26.4. The first kappa shape index (κ1) is 30.4. The lowest BCUT2D eigenvalue weighted by atomic mass is 9.90. The largest absolute Gasteiger partial charge is 0.138 e. The smallest absolute Gasteiger partial charge is 0.126 e. The van der Waals surface area contributed by atoms with Gasteiger partial charge in [0, 0.05) is 11.1 Å². The van der Waals surface area contributed by atoms with E-state index < -0.39 is 16.1 Å². The molecule has 4 aromatic carbocycles. The van der Waals surface area contributed by atoms with Crippen LogP contribution in [-0.2, 0) is 0 Å². The minimum atomic E-state index is -1.58. The van der Waals surface area contributed by atoms with Crippen molar-refractivity contribution in [2.24, 2.45) is 0 Å². The van der Waals surface area contributed by atoms with Crippen LogP contribution in [0.5, 0.6) is 0 Å². The van der Waals surface area contributed by atoms with Crippen molar-refractivity contribution in [1.29, 1.82) is 0 Å². The second-order valence-electron chi connectivity index (χ2n) is 12.2. The van der Waals surface area contributed by atoms with Crippen LogP contribution < -0.4 is 0 Å². The van der Waals surface area contributed by atoms with E-state index in [1.165, 1.54) is 118 Å². The molecule has 4 rings (SSSR count). The fraction of sp³-hybridized carbons (Fsp3) is 0.474. The molecule has 210 valence electrons. The van der Waals surface area contributed by atoms with Crippen molar-refractivity contribution >= 4 is 48.5 Å². The molecule has 0 aliphatic heterocycles. The van der Waals surface area contributed by atoms with E-state index in [4.69, 9.17) is 0 Å². The first-order valence-corrected chi connectivity index (χ1v) is 21.5. The fourth-order valence-corrected chi connectivity index (χ4v) is 16.2. The summed E-state index contributed by atoms with van der Waals surface area (Å²) in [5.41, 5.74) is 10.4. The number of rotatable bonds is 12. The molecule has 0 bridgehead atoms. The van der Waals surface area contributed by atoms with E-state index >= 15 is 0 Å². The van der Waals surface area contributed by atoms with Crippen LogP contribution in [0.3, 0.4) is 0 Å². The third-order valence-corrected chi connectivity index (χ3v) is 19.0. The summed E-state index contributed by atoms with van der Waals surface area (Å²) in [5, 5.41) is 8.00. The lowest BCUT2D eigenvalue weighted by Crippen LogP contribution is -2.32. The summed E-state index contributed by atoms with van der Waals surface area (Å²) in [6.45, 7) is 14.0. The van der Waals surface area contributed by atoms with Crippen molar-refractivity contribution in [3.05, 3.63) is 59.7 Å². The van der Waals surface area contributed by atoms with Crippen LogP contribution in [0.4, 0.5) is 0 Å². The number of hydrogen-bond acceptors (Lipinski definition) is 0. The highest BCUT2D eigenvalue weighted by Crippen LogP contribution is 2.37. The Bertz CT molecular complexity index is 1390. The zero-order valence-corrected chi connectivity index (χ0v) is 28.1. The number of hydrogen-bond donors (Lipinski definition) is 0. The van der Waals surface area contributed by atoms with Crippen LogP contribution >= 0.6 is 0 Å². The third-order valence-electron chi connectivity index (χ3n) is 8.96.